The van der Waals surface area contributed by atoms with Gasteiger partial charge >= 0.3 is 64.3 Å². The van der Waals surface area contributed by atoms with Gasteiger partial charge in [-0.2, -0.15) is 20.9 Å². The third kappa shape index (κ3) is 6.65. The molecule has 0 bridgehead atoms. The molecule has 0 saturated heterocycles. The van der Waals surface area contributed by atoms with Gasteiger partial charge in [0.2, 0.25) is 0 Å². The Balaban J connectivity index is 0.00000280. The molecule has 1 fully saturated rings. The summed E-state index contributed by atoms with van der Waals surface area (Å²) in [5, 5.41) is 0. The van der Waals surface area contributed by atoms with Crippen LogP contribution in [-0.4, -0.2) is 6.11 Å². The van der Waals surface area contributed by atoms with E-state index in [4.69, 9.17) is 4.74 Å². The Labute approximate surface area is 212 Å². The first-order valence-corrected chi connectivity index (χ1v) is 9.35. The average molecular weight is 465 g/mol. The predicted octanol–water partition coefficient (Wildman–Crippen LogP) is 3.67. The zero-order chi connectivity index (χ0) is 19.4. The van der Waals surface area contributed by atoms with Crippen LogP contribution in [0.3, 0.4) is 0 Å². The molecule has 0 spiro atoms. The summed E-state index contributed by atoms with van der Waals surface area (Å²) in [6.07, 6.45) is 0.0791. The van der Waals surface area contributed by atoms with E-state index < -0.39 is 24.2 Å². The second kappa shape index (κ2) is 10.7. The summed E-state index contributed by atoms with van der Waals surface area (Å²) in [4.78, 5) is 0. The third-order valence-electron chi connectivity index (χ3n) is 5.29. The Morgan fingerprint density at radius 3 is 2.32 bits per heavy atom. The van der Waals surface area contributed by atoms with Crippen molar-refractivity contribution in [3.8, 4) is 5.75 Å². The molecule has 2 aromatic rings. The molecule has 0 N–H and O–H groups in total. The van der Waals surface area contributed by atoms with Crippen LogP contribution in [0.4, 0.5) is 17.6 Å². The van der Waals surface area contributed by atoms with Crippen LogP contribution in [0.25, 0.3) is 0 Å². The van der Waals surface area contributed by atoms with Crippen LogP contribution in [0.5, 0.6) is 5.75 Å². The molecular formula is C22H23F4ORb. The van der Waals surface area contributed by atoms with Gasteiger partial charge in [-0.1, -0.05) is 31.9 Å². The molecule has 0 heterocycles. The molecule has 1 saturated carbocycles. The van der Waals surface area contributed by atoms with Crippen molar-refractivity contribution in [2.75, 3.05) is 0 Å². The molecule has 146 valence electrons. The predicted molar refractivity (Wildman–Crippen MR) is 95.9 cm³/mol. The molecule has 0 atom stereocenters. The Bertz CT molecular complexity index is 756. The van der Waals surface area contributed by atoms with Crippen LogP contribution in [-0.2, 0) is 6.42 Å². The Morgan fingerprint density at radius 1 is 1.04 bits per heavy atom. The monoisotopic (exact) mass is 464 g/mol. The van der Waals surface area contributed by atoms with E-state index in [1.807, 2.05) is 12.1 Å². The summed E-state index contributed by atoms with van der Waals surface area (Å²) in [6.45, 7) is 2.25. The van der Waals surface area contributed by atoms with E-state index >= 15 is 0 Å². The topological polar surface area (TPSA) is 9.23 Å². The van der Waals surface area contributed by atoms with Crippen molar-refractivity contribution in [2.24, 2.45) is 5.92 Å². The first-order chi connectivity index (χ1) is 12.8. The second-order valence-corrected chi connectivity index (χ2v) is 7.40. The van der Waals surface area contributed by atoms with E-state index in [1.165, 1.54) is 25.0 Å². The maximum atomic E-state index is 14.1. The summed E-state index contributed by atoms with van der Waals surface area (Å²) < 4.78 is 59.6. The number of alkyl halides is 2. The van der Waals surface area contributed by atoms with Gasteiger partial charge in [-0.3, -0.25) is 4.39 Å². The molecule has 1 aliphatic carbocycles. The molecule has 2 aromatic carbocycles. The molecule has 3 rings (SSSR count). The number of halogens is 4. The van der Waals surface area contributed by atoms with Crippen molar-refractivity contribution in [1.82, 2.24) is 0 Å². The number of benzene rings is 2. The fraction of sp³-hybridized carbons (Fsp3) is 0.455. The standard InChI is InChI=1S/C22H23F4O.Rb/c1-15-5-7-16(8-6-15)17-9-11-19(12-10-17)27-22(25,26)14-13-18-3-2-4-20(23)21(18)24;/h2-3,9-12,15-16H,5-8,13-14H2,1H3;/q-1;+1. The van der Waals surface area contributed by atoms with Gasteiger partial charge in [0.15, 0.2) is 0 Å². The Kier molecular flexibility index (Phi) is 9.18. The zero-order valence-electron chi connectivity index (χ0n) is 16.3. The number of hydrogen-bond donors (Lipinski definition) is 0. The number of aryl methyl sites for hydroxylation is 1. The van der Waals surface area contributed by atoms with Crippen molar-refractivity contribution < 1.29 is 80.5 Å². The Morgan fingerprint density at radius 2 is 1.68 bits per heavy atom. The molecule has 1 aliphatic rings. The van der Waals surface area contributed by atoms with Gasteiger partial charge in [-0.05, 0) is 48.8 Å². The van der Waals surface area contributed by atoms with Gasteiger partial charge in [-0.15, -0.1) is 11.6 Å². The molecular weight excluding hydrogens is 442 g/mol. The first kappa shape index (κ1) is 24.0. The van der Waals surface area contributed by atoms with Gasteiger partial charge in [0.1, 0.15) is 5.75 Å². The van der Waals surface area contributed by atoms with Crippen LogP contribution < -0.4 is 62.9 Å². The number of hydrogen-bond acceptors (Lipinski definition) is 1. The molecule has 0 aliphatic heterocycles. The summed E-state index contributed by atoms with van der Waals surface area (Å²) in [5.41, 5.74) is 1.03. The van der Waals surface area contributed by atoms with Crippen LogP contribution in [0.1, 0.15) is 56.1 Å². The molecule has 1 nitrogen and oxygen atoms in total. The maximum Gasteiger partial charge on any atom is 1.00 e. The quantitative estimate of drug-likeness (QED) is 0.468. The molecule has 0 unspecified atom stereocenters. The molecule has 0 aromatic heterocycles. The van der Waals surface area contributed by atoms with Gasteiger partial charge in [0, 0.05) is 11.6 Å². The zero-order valence-corrected chi connectivity index (χ0v) is 21.2. The van der Waals surface area contributed by atoms with E-state index in [0.29, 0.717) is 5.92 Å². The first-order valence-electron chi connectivity index (χ1n) is 9.35. The van der Waals surface area contributed by atoms with Crippen molar-refractivity contribution in [3.05, 3.63) is 65.2 Å². The van der Waals surface area contributed by atoms with Crippen LogP contribution in [0, 0.1) is 23.6 Å². The second-order valence-electron chi connectivity index (χ2n) is 7.40. The summed E-state index contributed by atoms with van der Waals surface area (Å²) in [5.74, 6) is -1.00. The van der Waals surface area contributed by atoms with Crippen molar-refractivity contribution >= 4 is 0 Å². The van der Waals surface area contributed by atoms with E-state index in [9.17, 15) is 17.6 Å². The number of rotatable bonds is 6. The van der Waals surface area contributed by atoms with Crippen molar-refractivity contribution in [3.63, 3.8) is 0 Å². The fourth-order valence-electron chi connectivity index (χ4n) is 3.59. The van der Waals surface area contributed by atoms with E-state index in [1.54, 1.807) is 12.1 Å². The minimum Gasteiger partial charge on any atom is -0.433 e. The minimum atomic E-state index is -3.47. The molecule has 0 radical (unpaired) electrons. The summed E-state index contributed by atoms with van der Waals surface area (Å²) in [6, 6.07) is 11.3. The van der Waals surface area contributed by atoms with Crippen molar-refractivity contribution in [2.45, 2.75) is 57.5 Å². The molecule has 6 heteroatoms. The van der Waals surface area contributed by atoms with Crippen molar-refractivity contribution in [1.29, 1.82) is 0 Å². The Hall–Kier alpha value is -0.235. The van der Waals surface area contributed by atoms with Crippen LogP contribution >= 0.6 is 0 Å². The minimum absolute atomic E-state index is 0. The third-order valence-corrected chi connectivity index (χ3v) is 5.29. The van der Waals surface area contributed by atoms with Gasteiger partial charge in [-0.25, -0.2) is 4.39 Å². The van der Waals surface area contributed by atoms with E-state index in [2.05, 4.69) is 13.0 Å². The maximum absolute atomic E-state index is 14.1. The summed E-state index contributed by atoms with van der Waals surface area (Å²) >= 11 is 0. The SMILES string of the molecule is CC1CCC(c2ccc(OC(F)(F)CCc3cc[c-]c(F)c3F)cc2)CC1.[Rb+]. The molecule has 28 heavy (non-hydrogen) atoms. The normalized spacial score (nSPS) is 19.8. The van der Waals surface area contributed by atoms with Crippen LogP contribution in [0.2, 0.25) is 0 Å². The smallest absolute Gasteiger partial charge is 0.433 e. The fourth-order valence-corrected chi connectivity index (χ4v) is 3.59. The summed E-state index contributed by atoms with van der Waals surface area (Å²) in [7, 11) is 0. The largest absolute Gasteiger partial charge is 1.00 e. The molecule has 0 amide bonds. The van der Waals surface area contributed by atoms with Gasteiger partial charge < -0.3 is 4.74 Å². The van der Waals surface area contributed by atoms with E-state index in [-0.39, 0.29) is 75.9 Å². The number of ether oxygens (including phenoxy) is 1. The van der Waals surface area contributed by atoms with E-state index in [0.717, 1.165) is 24.3 Å². The van der Waals surface area contributed by atoms with Crippen LogP contribution in [0.15, 0.2) is 36.4 Å². The van der Waals surface area contributed by atoms with Gasteiger partial charge in [0.05, 0.1) is 6.42 Å². The van der Waals surface area contributed by atoms with Gasteiger partial charge in [0.25, 0.3) is 0 Å². The average Bonchev–Trinajstić information content (AvgIpc) is 2.64.